The SMILES string of the molecule is COc1cc(C=CC(=O)O[C@H]2[C@H](OC(C)=O)[C@@H](OC(=O)C=Cc3ccc(O)cc3)[C@H](Oc3c(-c4ccc(O)cc4)oc4cc(O)cc(O)c4c3=O)O[C@@H]2COC(C)=O)ccc1O. The number of hydrogen-bond donors (Lipinski definition) is 5. The Labute approximate surface area is 350 Å². The summed E-state index contributed by atoms with van der Waals surface area (Å²) < 4.78 is 46.0. The van der Waals surface area contributed by atoms with Gasteiger partial charge >= 0.3 is 23.9 Å². The molecular weight excluding hydrogens is 816 g/mol. The first kappa shape index (κ1) is 43.6. The molecule has 0 unspecified atom stereocenters. The van der Waals surface area contributed by atoms with E-state index in [1.54, 1.807) is 0 Å². The fraction of sp³-hybridized carbons (Fsp3) is 0.205. The van der Waals surface area contributed by atoms with Gasteiger partial charge in [0.05, 0.1) is 7.11 Å². The summed E-state index contributed by atoms with van der Waals surface area (Å²) in [5, 5.41) is 50.2. The number of rotatable bonds is 13. The third-order valence-electron chi connectivity index (χ3n) is 9.05. The lowest BCUT2D eigenvalue weighted by Crippen LogP contribution is -2.63. The Morgan fingerprint density at radius 2 is 1.29 bits per heavy atom. The number of hydrogen-bond acceptors (Lipinski definition) is 18. The Balaban J connectivity index is 1.47. The number of carbonyl (C=O) groups is 4. The molecule has 5 atom stereocenters. The van der Waals surface area contributed by atoms with Crippen molar-refractivity contribution in [3.05, 3.63) is 112 Å². The van der Waals surface area contributed by atoms with E-state index < -0.39 is 89.3 Å². The summed E-state index contributed by atoms with van der Waals surface area (Å²) in [4.78, 5) is 66.3. The Morgan fingerprint density at radius 3 is 1.92 bits per heavy atom. The zero-order valence-corrected chi connectivity index (χ0v) is 33.0. The van der Waals surface area contributed by atoms with Gasteiger partial charge in [-0.05, 0) is 71.8 Å². The number of benzene rings is 4. The smallest absolute Gasteiger partial charge is 0.331 e. The summed E-state index contributed by atoms with van der Waals surface area (Å²) in [6.45, 7) is 1.41. The van der Waals surface area contributed by atoms with Crippen LogP contribution < -0.4 is 14.9 Å². The molecule has 1 aliphatic rings. The van der Waals surface area contributed by atoms with Crippen LogP contribution in [0.5, 0.6) is 40.2 Å². The number of esters is 4. The van der Waals surface area contributed by atoms with E-state index in [-0.39, 0.29) is 39.9 Å². The highest BCUT2D eigenvalue weighted by atomic mass is 16.7. The lowest BCUT2D eigenvalue weighted by Gasteiger charge is -2.43. The molecule has 0 bridgehead atoms. The molecule has 1 fully saturated rings. The number of phenolic OH excluding ortho intramolecular Hbond substituents is 5. The third-order valence-corrected chi connectivity index (χ3v) is 9.05. The van der Waals surface area contributed by atoms with Crippen LogP contribution in [0.15, 0.2) is 100 Å². The summed E-state index contributed by atoms with van der Waals surface area (Å²) in [5.74, 6) is -6.37. The molecule has 1 aromatic heterocycles. The highest BCUT2D eigenvalue weighted by Gasteiger charge is 2.54. The topological polar surface area (TPSA) is 264 Å². The van der Waals surface area contributed by atoms with E-state index in [0.717, 1.165) is 38.1 Å². The molecule has 6 rings (SSSR count). The molecule has 1 aliphatic heterocycles. The van der Waals surface area contributed by atoms with E-state index in [0.29, 0.717) is 11.1 Å². The zero-order valence-electron chi connectivity index (χ0n) is 33.0. The summed E-state index contributed by atoms with van der Waals surface area (Å²) >= 11 is 0. The Bertz CT molecular complexity index is 2590. The summed E-state index contributed by atoms with van der Waals surface area (Å²) in [7, 11) is 1.33. The maximum atomic E-state index is 14.3. The number of ether oxygens (including phenoxy) is 7. The van der Waals surface area contributed by atoms with Crippen LogP contribution in [-0.2, 0) is 42.9 Å². The van der Waals surface area contributed by atoms with Crippen molar-refractivity contribution < 1.29 is 82.3 Å². The minimum absolute atomic E-state index is 0.0372. The standard InChI is InChI=1S/C44H38O18/c1-22(45)56-21-34-40(60-35(52)17-8-25-6-15-30(50)32(18-25)55-3)42(57-23(2)46)43(61-36(53)16-7-24-4-11-27(47)12-5-24)44(59-34)62-41-38(54)37-31(51)19-29(49)20-33(37)58-39(41)26-9-13-28(48)14-10-26/h4-20,34,40,42-44,47-51H,21H2,1-3H3/t34-,40-,42+,43-,44+/m1/s1. The second-order valence-electron chi connectivity index (χ2n) is 13.5. The average molecular weight is 855 g/mol. The predicted molar refractivity (Wildman–Crippen MR) is 215 cm³/mol. The van der Waals surface area contributed by atoms with Gasteiger partial charge in [0.2, 0.25) is 23.6 Å². The van der Waals surface area contributed by atoms with Crippen LogP contribution in [-0.4, -0.2) is 93.8 Å². The summed E-state index contributed by atoms with van der Waals surface area (Å²) in [5.41, 5.74) is -0.346. The van der Waals surface area contributed by atoms with Gasteiger partial charge in [-0.3, -0.25) is 14.4 Å². The van der Waals surface area contributed by atoms with Gasteiger partial charge in [0.25, 0.3) is 0 Å². The first-order chi connectivity index (χ1) is 29.6. The van der Waals surface area contributed by atoms with Crippen molar-refractivity contribution >= 4 is 47.0 Å². The molecule has 2 heterocycles. The fourth-order valence-corrected chi connectivity index (χ4v) is 6.25. The lowest BCUT2D eigenvalue weighted by molar-refractivity contribution is -0.287. The van der Waals surface area contributed by atoms with E-state index in [1.807, 2.05) is 0 Å². The molecule has 18 heteroatoms. The van der Waals surface area contributed by atoms with Gasteiger partial charge in [-0.15, -0.1) is 0 Å². The molecule has 5 aromatic rings. The number of phenols is 5. The van der Waals surface area contributed by atoms with Crippen LogP contribution in [0.4, 0.5) is 0 Å². The van der Waals surface area contributed by atoms with Gasteiger partial charge < -0.3 is 63.1 Å². The Morgan fingerprint density at radius 1 is 0.677 bits per heavy atom. The van der Waals surface area contributed by atoms with Crippen LogP contribution in [0.1, 0.15) is 25.0 Å². The van der Waals surface area contributed by atoms with Gasteiger partial charge in [-0.25, -0.2) is 9.59 Å². The number of methoxy groups -OCH3 is 1. The second-order valence-corrected chi connectivity index (χ2v) is 13.5. The molecule has 5 N–H and O–H groups in total. The van der Waals surface area contributed by atoms with Crippen molar-refractivity contribution in [1.82, 2.24) is 0 Å². The van der Waals surface area contributed by atoms with Crippen LogP contribution in [0.3, 0.4) is 0 Å². The van der Waals surface area contributed by atoms with E-state index in [2.05, 4.69) is 0 Å². The monoisotopic (exact) mass is 854 g/mol. The molecule has 1 saturated heterocycles. The van der Waals surface area contributed by atoms with Crippen LogP contribution in [0.25, 0.3) is 34.4 Å². The molecule has 0 aliphatic carbocycles. The van der Waals surface area contributed by atoms with Gasteiger partial charge in [-0.1, -0.05) is 18.2 Å². The first-order valence-electron chi connectivity index (χ1n) is 18.5. The number of aromatic hydroxyl groups is 5. The summed E-state index contributed by atoms with van der Waals surface area (Å²) in [6.07, 6.45) is -4.42. The normalized spacial score (nSPS) is 18.6. The van der Waals surface area contributed by atoms with Crippen molar-refractivity contribution in [3.8, 4) is 51.6 Å². The molecular formula is C44H38O18. The molecule has 0 radical (unpaired) electrons. The van der Waals surface area contributed by atoms with Gasteiger partial charge in [0, 0.05) is 43.7 Å². The van der Waals surface area contributed by atoms with Gasteiger partial charge in [0.15, 0.2) is 29.5 Å². The van der Waals surface area contributed by atoms with Crippen LogP contribution in [0.2, 0.25) is 0 Å². The number of carbonyl (C=O) groups excluding carboxylic acids is 4. The zero-order chi connectivity index (χ0) is 44.7. The molecule has 62 heavy (non-hydrogen) atoms. The average Bonchev–Trinajstić information content (AvgIpc) is 3.22. The highest BCUT2D eigenvalue weighted by molar-refractivity contribution is 5.89. The molecule has 0 amide bonds. The minimum Gasteiger partial charge on any atom is -0.508 e. The van der Waals surface area contributed by atoms with Crippen molar-refractivity contribution in [2.45, 2.75) is 44.6 Å². The molecule has 0 saturated carbocycles. The maximum Gasteiger partial charge on any atom is 0.331 e. The van der Waals surface area contributed by atoms with E-state index in [9.17, 15) is 49.5 Å². The van der Waals surface area contributed by atoms with Crippen molar-refractivity contribution in [2.24, 2.45) is 0 Å². The van der Waals surface area contributed by atoms with Crippen molar-refractivity contribution in [2.75, 3.05) is 13.7 Å². The molecule has 322 valence electrons. The lowest BCUT2D eigenvalue weighted by atomic mass is 9.98. The first-order valence-corrected chi connectivity index (χ1v) is 18.5. The van der Waals surface area contributed by atoms with Crippen molar-refractivity contribution in [1.29, 1.82) is 0 Å². The Hall–Kier alpha value is -7.99. The van der Waals surface area contributed by atoms with Crippen molar-refractivity contribution in [3.63, 3.8) is 0 Å². The Kier molecular flexibility index (Phi) is 13.3. The highest BCUT2D eigenvalue weighted by Crippen LogP contribution is 2.39. The van der Waals surface area contributed by atoms with E-state index >= 15 is 0 Å². The maximum absolute atomic E-state index is 14.3. The van der Waals surface area contributed by atoms with E-state index in [4.69, 9.17) is 37.6 Å². The number of fused-ring (bicyclic) bond motifs is 1. The van der Waals surface area contributed by atoms with Crippen LogP contribution >= 0.6 is 0 Å². The quantitative estimate of drug-likeness (QED) is 0.0602. The molecule has 4 aromatic carbocycles. The second kappa shape index (κ2) is 18.9. The third kappa shape index (κ3) is 10.4. The molecule has 0 spiro atoms. The fourth-order valence-electron chi connectivity index (χ4n) is 6.25. The summed E-state index contributed by atoms with van der Waals surface area (Å²) in [6, 6.07) is 17.1. The largest absolute Gasteiger partial charge is 0.508 e. The van der Waals surface area contributed by atoms with Gasteiger partial charge in [-0.2, -0.15) is 0 Å². The molecule has 18 nitrogen and oxygen atoms in total. The van der Waals surface area contributed by atoms with Gasteiger partial charge in [0.1, 0.15) is 46.7 Å². The van der Waals surface area contributed by atoms with Crippen LogP contribution in [0, 0.1) is 0 Å². The van der Waals surface area contributed by atoms with E-state index in [1.165, 1.54) is 86.0 Å². The minimum atomic E-state index is -1.99. The predicted octanol–water partition coefficient (Wildman–Crippen LogP) is 4.85.